The van der Waals surface area contributed by atoms with E-state index in [1.165, 1.54) is 19.9 Å². The number of ketones is 1. The van der Waals surface area contributed by atoms with Gasteiger partial charge >= 0.3 is 5.97 Å². The molecule has 9 heteroatoms. The SMILES string of the molecule is Cc1cc(O)cc(O)c1C(=O)OC1CC2=C(COC(O)(CCCO)C2)C(=O)C1(C)O. The Balaban J connectivity index is 1.86. The van der Waals surface area contributed by atoms with Crippen molar-refractivity contribution in [3.63, 3.8) is 0 Å². The number of aromatic hydroxyl groups is 2. The highest BCUT2D eigenvalue weighted by atomic mass is 16.6. The molecule has 0 radical (unpaired) electrons. The maximum absolute atomic E-state index is 12.8. The number of esters is 1. The van der Waals surface area contributed by atoms with Gasteiger partial charge in [0.1, 0.15) is 23.2 Å². The monoisotopic (exact) mass is 422 g/mol. The quantitative estimate of drug-likeness (QED) is 0.434. The van der Waals surface area contributed by atoms with E-state index < -0.39 is 35.0 Å². The third-order valence-electron chi connectivity index (χ3n) is 5.67. The third-order valence-corrected chi connectivity index (χ3v) is 5.67. The van der Waals surface area contributed by atoms with E-state index in [1.807, 2.05) is 0 Å². The summed E-state index contributed by atoms with van der Waals surface area (Å²) in [5.41, 5.74) is -1.17. The molecule has 0 aromatic heterocycles. The van der Waals surface area contributed by atoms with Gasteiger partial charge in [0.2, 0.25) is 0 Å². The van der Waals surface area contributed by atoms with Gasteiger partial charge in [0.25, 0.3) is 0 Å². The smallest absolute Gasteiger partial charge is 0.342 e. The molecule has 2 aliphatic rings. The number of aryl methyl sites for hydroxylation is 1. The van der Waals surface area contributed by atoms with Crippen molar-refractivity contribution in [2.24, 2.45) is 0 Å². The van der Waals surface area contributed by atoms with Crippen molar-refractivity contribution in [1.82, 2.24) is 0 Å². The number of phenolic OH excluding ortho intramolecular Hbond substituents is 2. The fraction of sp³-hybridized carbons (Fsp3) is 0.524. The van der Waals surface area contributed by atoms with Gasteiger partial charge in [0.15, 0.2) is 17.2 Å². The molecule has 3 rings (SSSR count). The lowest BCUT2D eigenvalue weighted by Crippen LogP contribution is -2.55. The van der Waals surface area contributed by atoms with Crippen molar-refractivity contribution in [3.05, 3.63) is 34.4 Å². The molecule has 0 spiro atoms. The fourth-order valence-electron chi connectivity index (χ4n) is 3.97. The molecule has 0 fully saturated rings. The van der Waals surface area contributed by atoms with E-state index in [9.17, 15) is 30.0 Å². The zero-order valence-corrected chi connectivity index (χ0v) is 16.8. The molecule has 0 saturated heterocycles. The van der Waals surface area contributed by atoms with Gasteiger partial charge in [-0.2, -0.15) is 0 Å². The van der Waals surface area contributed by atoms with Crippen LogP contribution in [-0.2, 0) is 14.3 Å². The highest BCUT2D eigenvalue weighted by Gasteiger charge is 2.51. The van der Waals surface area contributed by atoms with Gasteiger partial charge in [-0.3, -0.25) is 4.79 Å². The van der Waals surface area contributed by atoms with Gasteiger partial charge in [-0.25, -0.2) is 4.79 Å². The minimum absolute atomic E-state index is 0.00248. The molecule has 3 atom stereocenters. The summed E-state index contributed by atoms with van der Waals surface area (Å²) in [6.45, 7) is 2.43. The summed E-state index contributed by atoms with van der Waals surface area (Å²) in [6, 6.07) is 2.27. The Bertz CT molecular complexity index is 879. The van der Waals surface area contributed by atoms with Crippen LogP contribution in [0.15, 0.2) is 23.3 Å². The molecular weight excluding hydrogens is 396 g/mol. The maximum Gasteiger partial charge on any atom is 0.342 e. The number of benzene rings is 1. The number of aliphatic hydroxyl groups is 3. The molecule has 1 aromatic rings. The Labute approximate surface area is 173 Å². The zero-order valence-electron chi connectivity index (χ0n) is 16.8. The van der Waals surface area contributed by atoms with Crippen LogP contribution in [0, 0.1) is 6.92 Å². The van der Waals surface area contributed by atoms with Crippen molar-refractivity contribution in [3.8, 4) is 11.5 Å². The second kappa shape index (κ2) is 7.99. The van der Waals surface area contributed by atoms with Gasteiger partial charge in [0.05, 0.1) is 6.61 Å². The summed E-state index contributed by atoms with van der Waals surface area (Å²) in [4.78, 5) is 25.5. The number of aliphatic hydroxyl groups excluding tert-OH is 1. The number of carbonyl (C=O) groups is 2. The number of hydrogen-bond acceptors (Lipinski definition) is 9. The van der Waals surface area contributed by atoms with Crippen LogP contribution < -0.4 is 0 Å². The van der Waals surface area contributed by atoms with E-state index >= 15 is 0 Å². The van der Waals surface area contributed by atoms with Crippen molar-refractivity contribution in [2.75, 3.05) is 13.2 Å². The van der Waals surface area contributed by atoms with E-state index in [0.29, 0.717) is 12.0 Å². The number of ether oxygens (including phenoxy) is 2. The minimum atomic E-state index is -2.02. The second-order valence-electron chi connectivity index (χ2n) is 8.05. The van der Waals surface area contributed by atoms with Crippen molar-refractivity contribution < 1.29 is 44.6 Å². The summed E-state index contributed by atoms with van der Waals surface area (Å²) in [7, 11) is 0. The third kappa shape index (κ3) is 4.06. The van der Waals surface area contributed by atoms with E-state index in [4.69, 9.17) is 14.6 Å². The van der Waals surface area contributed by atoms with Gasteiger partial charge in [0, 0.05) is 37.5 Å². The average Bonchev–Trinajstić information content (AvgIpc) is 2.64. The average molecular weight is 422 g/mol. The Morgan fingerprint density at radius 3 is 2.63 bits per heavy atom. The maximum atomic E-state index is 12.8. The molecular formula is C21H26O9. The molecule has 3 unspecified atom stereocenters. The normalized spacial score (nSPS) is 29.0. The molecule has 164 valence electrons. The van der Waals surface area contributed by atoms with Crippen molar-refractivity contribution in [1.29, 1.82) is 0 Å². The molecule has 1 aliphatic heterocycles. The van der Waals surface area contributed by atoms with Crippen LogP contribution in [0.2, 0.25) is 0 Å². The highest BCUT2D eigenvalue weighted by Crippen LogP contribution is 2.41. The van der Waals surface area contributed by atoms with Crippen LogP contribution in [0.4, 0.5) is 0 Å². The summed E-state index contributed by atoms with van der Waals surface area (Å²) in [6.07, 6.45) is -0.785. The summed E-state index contributed by atoms with van der Waals surface area (Å²) in [5, 5.41) is 49.9. The summed E-state index contributed by atoms with van der Waals surface area (Å²) < 4.78 is 10.8. The van der Waals surface area contributed by atoms with E-state index in [2.05, 4.69) is 0 Å². The first-order valence-corrected chi connectivity index (χ1v) is 9.67. The molecule has 1 aromatic carbocycles. The van der Waals surface area contributed by atoms with E-state index in [1.54, 1.807) is 0 Å². The number of phenols is 2. The van der Waals surface area contributed by atoms with E-state index in [-0.39, 0.29) is 54.9 Å². The van der Waals surface area contributed by atoms with Crippen LogP contribution in [0.1, 0.15) is 48.5 Å². The minimum Gasteiger partial charge on any atom is -0.508 e. The molecule has 1 heterocycles. The van der Waals surface area contributed by atoms with E-state index in [0.717, 1.165) is 6.07 Å². The fourth-order valence-corrected chi connectivity index (χ4v) is 3.97. The number of carbonyl (C=O) groups excluding carboxylic acids is 2. The molecule has 30 heavy (non-hydrogen) atoms. The lowest BCUT2D eigenvalue weighted by molar-refractivity contribution is -0.212. The molecule has 5 N–H and O–H groups in total. The van der Waals surface area contributed by atoms with Crippen LogP contribution in [0.5, 0.6) is 11.5 Å². The van der Waals surface area contributed by atoms with Crippen LogP contribution in [-0.4, -0.2) is 68.0 Å². The number of Topliss-reactive ketones (excluding diaryl/α,β-unsaturated/α-hetero) is 1. The zero-order chi connectivity index (χ0) is 22.3. The lowest BCUT2D eigenvalue weighted by Gasteiger charge is -2.42. The second-order valence-corrected chi connectivity index (χ2v) is 8.05. The lowest BCUT2D eigenvalue weighted by atomic mass is 9.75. The molecule has 0 saturated carbocycles. The van der Waals surface area contributed by atoms with Crippen LogP contribution >= 0.6 is 0 Å². The highest BCUT2D eigenvalue weighted by molar-refractivity contribution is 6.04. The van der Waals surface area contributed by atoms with Crippen LogP contribution in [0.3, 0.4) is 0 Å². The van der Waals surface area contributed by atoms with Crippen molar-refractivity contribution in [2.45, 2.75) is 57.0 Å². The van der Waals surface area contributed by atoms with Gasteiger partial charge in [-0.05, 0) is 31.9 Å². The first kappa shape index (κ1) is 22.2. The summed E-state index contributed by atoms with van der Waals surface area (Å²) >= 11 is 0. The molecule has 9 nitrogen and oxygen atoms in total. The standard InChI is InChI=1S/C21H26O9/c1-11-6-13(23)8-15(24)17(11)19(26)30-16-7-12-9-21(28,4-3-5-22)29-10-14(12)18(25)20(16,2)27/h6,8,16,22-24,27-28H,3-5,7,9-10H2,1-2H3. The number of hydrogen-bond donors (Lipinski definition) is 5. The Morgan fingerprint density at radius 2 is 2.00 bits per heavy atom. The first-order chi connectivity index (χ1) is 14.0. The molecule has 0 bridgehead atoms. The summed E-state index contributed by atoms with van der Waals surface area (Å²) in [5.74, 6) is -3.86. The first-order valence-electron chi connectivity index (χ1n) is 9.67. The number of rotatable bonds is 5. The Morgan fingerprint density at radius 1 is 1.30 bits per heavy atom. The van der Waals surface area contributed by atoms with Gasteiger partial charge < -0.3 is 35.0 Å². The topological polar surface area (TPSA) is 154 Å². The van der Waals surface area contributed by atoms with Gasteiger partial charge in [-0.15, -0.1) is 0 Å². The largest absolute Gasteiger partial charge is 0.508 e. The van der Waals surface area contributed by atoms with Crippen LogP contribution in [0.25, 0.3) is 0 Å². The predicted molar refractivity (Wildman–Crippen MR) is 103 cm³/mol. The van der Waals surface area contributed by atoms with Crippen molar-refractivity contribution >= 4 is 11.8 Å². The Kier molecular flexibility index (Phi) is 5.92. The molecule has 1 aliphatic carbocycles. The molecule has 0 amide bonds. The Hall–Kier alpha value is -2.46. The predicted octanol–water partition coefficient (Wildman–Crippen LogP) is 0.833. The van der Waals surface area contributed by atoms with Gasteiger partial charge in [-0.1, -0.05) is 5.57 Å².